The molecule has 0 unspecified atom stereocenters. The van der Waals surface area contributed by atoms with Gasteiger partial charge in [0, 0.05) is 18.1 Å². The van der Waals surface area contributed by atoms with Crippen LogP contribution in [0.15, 0.2) is 47.4 Å². The van der Waals surface area contributed by atoms with E-state index in [-0.39, 0.29) is 11.1 Å². The maximum absolute atomic E-state index is 14.9. The standard InChI is InChI=1S/C22H19ClFN3O5/c1-3-26-10-14(22(30)31)20(28)13-8-15(24)16(9-17(13)26)25-27-19(18(23)21(27)29)11-4-6-12(32-2)7-5-11/h4-10,18-19,25H,3H2,1-2H3,(H,30,31)/t18-,19+/m0/s1. The van der Waals surface area contributed by atoms with E-state index in [0.717, 1.165) is 11.6 Å². The number of benzene rings is 2. The summed E-state index contributed by atoms with van der Waals surface area (Å²) >= 11 is 6.23. The quantitative estimate of drug-likeness (QED) is 0.433. The van der Waals surface area contributed by atoms with Crippen molar-refractivity contribution < 1.29 is 23.8 Å². The van der Waals surface area contributed by atoms with Crippen molar-refractivity contribution in [3.8, 4) is 5.75 Å². The highest BCUT2D eigenvalue weighted by molar-refractivity contribution is 6.33. The summed E-state index contributed by atoms with van der Waals surface area (Å²) in [7, 11) is 1.54. The monoisotopic (exact) mass is 459 g/mol. The Bertz CT molecular complexity index is 1290. The summed E-state index contributed by atoms with van der Waals surface area (Å²) < 4.78 is 21.6. The molecule has 1 aliphatic heterocycles. The van der Waals surface area contributed by atoms with Gasteiger partial charge >= 0.3 is 5.97 Å². The molecular weight excluding hydrogens is 441 g/mol. The number of methoxy groups -OCH3 is 1. The second kappa shape index (κ2) is 8.16. The Kier molecular flexibility index (Phi) is 5.52. The van der Waals surface area contributed by atoms with Crippen LogP contribution in [0.2, 0.25) is 0 Å². The van der Waals surface area contributed by atoms with Gasteiger partial charge in [0.15, 0.2) is 0 Å². The molecule has 4 rings (SSSR count). The van der Waals surface area contributed by atoms with Crippen molar-refractivity contribution in [3.05, 3.63) is 69.8 Å². The molecule has 0 aliphatic carbocycles. The normalized spacial score (nSPS) is 17.9. The summed E-state index contributed by atoms with van der Waals surface area (Å²) in [6.07, 6.45) is 1.22. The third-order valence-electron chi connectivity index (χ3n) is 5.47. The second-order valence-corrected chi connectivity index (χ2v) is 7.72. The van der Waals surface area contributed by atoms with E-state index >= 15 is 0 Å². The smallest absolute Gasteiger partial charge is 0.341 e. The molecule has 0 saturated carbocycles. The van der Waals surface area contributed by atoms with Crippen LogP contribution < -0.4 is 15.6 Å². The largest absolute Gasteiger partial charge is 0.497 e. The van der Waals surface area contributed by atoms with E-state index in [2.05, 4.69) is 5.43 Å². The number of carboxylic acids is 1. The van der Waals surface area contributed by atoms with Gasteiger partial charge in [0.25, 0.3) is 5.91 Å². The first-order chi connectivity index (χ1) is 15.3. The van der Waals surface area contributed by atoms with E-state index in [0.29, 0.717) is 17.8 Å². The maximum Gasteiger partial charge on any atom is 0.341 e. The van der Waals surface area contributed by atoms with Crippen LogP contribution in [-0.4, -0.2) is 39.0 Å². The number of anilines is 1. The number of carboxylic acid groups (broad SMARTS) is 1. The summed E-state index contributed by atoms with van der Waals surface area (Å²) in [6.45, 7) is 2.12. The van der Waals surface area contributed by atoms with Crippen LogP contribution >= 0.6 is 11.6 Å². The third kappa shape index (κ3) is 3.44. The lowest BCUT2D eigenvalue weighted by Crippen LogP contribution is -2.58. The summed E-state index contributed by atoms with van der Waals surface area (Å²) in [5.74, 6) is -1.98. The number of fused-ring (bicyclic) bond motifs is 1. The van der Waals surface area contributed by atoms with Crippen molar-refractivity contribution in [1.29, 1.82) is 0 Å². The Balaban J connectivity index is 1.73. The first-order valence-corrected chi connectivity index (χ1v) is 10.2. The molecule has 1 saturated heterocycles. The van der Waals surface area contributed by atoms with Gasteiger partial charge < -0.3 is 14.4 Å². The van der Waals surface area contributed by atoms with Gasteiger partial charge in [-0.3, -0.25) is 15.0 Å². The van der Waals surface area contributed by atoms with Gasteiger partial charge in [0.05, 0.1) is 18.3 Å². The molecule has 3 aromatic rings. The zero-order valence-electron chi connectivity index (χ0n) is 17.1. The highest BCUT2D eigenvalue weighted by Gasteiger charge is 2.48. The van der Waals surface area contributed by atoms with Crippen molar-refractivity contribution in [2.75, 3.05) is 12.5 Å². The Hall–Kier alpha value is -3.59. The molecule has 32 heavy (non-hydrogen) atoms. The van der Waals surface area contributed by atoms with E-state index in [1.54, 1.807) is 31.2 Å². The van der Waals surface area contributed by atoms with Crippen molar-refractivity contribution in [1.82, 2.24) is 9.58 Å². The number of amides is 1. The molecule has 166 valence electrons. The van der Waals surface area contributed by atoms with E-state index in [9.17, 15) is 23.9 Å². The number of aromatic carboxylic acids is 1. The van der Waals surface area contributed by atoms with E-state index in [1.165, 1.54) is 28.9 Å². The number of β-lactam (4-membered cyclic amide) rings is 1. The lowest BCUT2D eigenvalue weighted by Gasteiger charge is -2.44. The van der Waals surface area contributed by atoms with E-state index in [1.807, 2.05) is 0 Å². The van der Waals surface area contributed by atoms with Gasteiger partial charge in [-0.15, -0.1) is 11.6 Å². The van der Waals surface area contributed by atoms with Gasteiger partial charge in [-0.1, -0.05) is 12.1 Å². The predicted octanol–water partition coefficient (Wildman–Crippen LogP) is 3.39. The van der Waals surface area contributed by atoms with E-state index < -0.39 is 40.1 Å². The molecule has 1 amide bonds. The first kappa shape index (κ1) is 21.6. The molecule has 10 heteroatoms. The number of pyridine rings is 1. The van der Waals surface area contributed by atoms with Crippen LogP contribution in [0.5, 0.6) is 5.75 Å². The Morgan fingerprint density at radius 2 is 1.94 bits per heavy atom. The number of rotatable bonds is 6. The number of alkyl halides is 1. The van der Waals surface area contributed by atoms with Crippen LogP contribution in [-0.2, 0) is 11.3 Å². The van der Waals surface area contributed by atoms with Crippen LogP contribution in [0.1, 0.15) is 28.9 Å². The molecule has 1 fully saturated rings. The molecule has 2 atom stereocenters. The van der Waals surface area contributed by atoms with Gasteiger partial charge in [0.2, 0.25) is 5.43 Å². The van der Waals surface area contributed by atoms with Crippen molar-refractivity contribution in [2.45, 2.75) is 24.9 Å². The minimum absolute atomic E-state index is 0.0439. The summed E-state index contributed by atoms with van der Waals surface area (Å²) in [4.78, 5) is 36.3. The topological polar surface area (TPSA) is 101 Å². The molecule has 1 aromatic heterocycles. The van der Waals surface area contributed by atoms with Gasteiger partial charge in [-0.05, 0) is 36.8 Å². The van der Waals surface area contributed by atoms with Crippen LogP contribution in [0.3, 0.4) is 0 Å². The number of hydrogen-bond acceptors (Lipinski definition) is 5. The molecule has 0 bridgehead atoms. The Morgan fingerprint density at radius 1 is 1.25 bits per heavy atom. The molecular formula is C22H19ClFN3O5. The third-order valence-corrected chi connectivity index (χ3v) is 5.89. The lowest BCUT2D eigenvalue weighted by atomic mass is 9.95. The fourth-order valence-corrected chi connectivity index (χ4v) is 4.10. The number of aromatic nitrogens is 1. The zero-order chi connectivity index (χ0) is 23.2. The van der Waals surface area contributed by atoms with Crippen molar-refractivity contribution >= 4 is 40.1 Å². The predicted molar refractivity (Wildman–Crippen MR) is 117 cm³/mol. The Labute approximate surface area is 186 Å². The van der Waals surface area contributed by atoms with Crippen molar-refractivity contribution in [2.24, 2.45) is 0 Å². The Morgan fingerprint density at radius 3 is 2.53 bits per heavy atom. The number of ether oxygens (including phenoxy) is 1. The average molecular weight is 460 g/mol. The number of halogens is 2. The number of aryl methyl sites for hydroxylation is 1. The van der Waals surface area contributed by atoms with Gasteiger partial charge in [-0.25, -0.2) is 14.2 Å². The van der Waals surface area contributed by atoms with Crippen LogP contribution in [0.4, 0.5) is 10.1 Å². The zero-order valence-corrected chi connectivity index (χ0v) is 17.9. The van der Waals surface area contributed by atoms with Crippen LogP contribution in [0.25, 0.3) is 10.9 Å². The number of carbonyl (C=O) groups excluding carboxylic acids is 1. The fourth-order valence-electron chi connectivity index (χ4n) is 3.74. The molecule has 0 spiro atoms. The summed E-state index contributed by atoms with van der Waals surface area (Å²) in [6, 6.07) is 8.79. The average Bonchev–Trinajstić information content (AvgIpc) is 2.79. The first-order valence-electron chi connectivity index (χ1n) is 9.74. The molecule has 1 aliphatic rings. The number of hydrogen-bond donors (Lipinski definition) is 2. The van der Waals surface area contributed by atoms with Crippen LogP contribution in [0, 0.1) is 5.82 Å². The van der Waals surface area contributed by atoms with E-state index in [4.69, 9.17) is 16.3 Å². The highest BCUT2D eigenvalue weighted by atomic mass is 35.5. The minimum Gasteiger partial charge on any atom is -0.497 e. The summed E-state index contributed by atoms with van der Waals surface area (Å²) in [5, 5.41) is 9.60. The minimum atomic E-state index is -1.39. The summed E-state index contributed by atoms with van der Waals surface area (Å²) in [5.41, 5.74) is 2.57. The highest BCUT2D eigenvalue weighted by Crippen LogP contribution is 2.39. The fraction of sp³-hybridized carbons (Fsp3) is 0.227. The number of nitrogens with zero attached hydrogens (tertiary/aromatic N) is 2. The lowest BCUT2D eigenvalue weighted by molar-refractivity contribution is -0.143. The molecule has 2 heterocycles. The van der Waals surface area contributed by atoms with Gasteiger partial charge in [0.1, 0.15) is 28.5 Å². The van der Waals surface area contributed by atoms with Crippen molar-refractivity contribution in [3.63, 3.8) is 0 Å². The van der Waals surface area contributed by atoms with Gasteiger partial charge in [-0.2, -0.15) is 0 Å². The molecule has 2 aromatic carbocycles. The number of hydrazine groups is 1. The molecule has 0 radical (unpaired) electrons. The molecule has 8 nitrogen and oxygen atoms in total. The molecule has 2 N–H and O–H groups in total. The second-order valence-electron chi connectivity index (χ2n) is 7.25. The number of carbonyl (C=O) groups is 2. The SMILES string of the molecule is CCn1cc(C(=O)O)c(=O)c2cc(F)c(NN3C(=O)[C@@H](Cl)[C@H]3c3ccc(OC)cc3)cc21. The number of nitrogens with one attached hydrogen (secondary N) is 1. The maximum atomic E-state index is 14.9.